The van der Waals surface area contributed by atoms with E-state index in [0.29, 0.717) is 6.42 Å². The standard InChI is InChI=1S/C18H21N5OS/c1-12-20-15(11-25-12)8-17(24)23-7-3-4-14(10-23)16-6-5-13-9-19-22(2)18(13)21-16/h5-6,9,11,14H,3-4,7-8,10H2,1-2H3. The summed E-state index contributed by atoms with van der Waals surface area (Å²) >= 11 is 1.59. The molecule has 0 aromatic carbocycles. The Morgan fingerprint density at radius 1 is 1.36 bits per heavy atom. The molecule has 0 saturated carbocycles. The molecule has 130 valence electrons. The highest BCUT2D eigenvalue weighted by atomic mass is 32.1. The van der Waals surface area contributed by atoms with E-state index >= 15 is 0 Å². The summed E-state index contributed by atoms with van der Waals surface area (Å²) in [6.45, 7) is 3.53. The van der Waals surface area contributed by atoms with E-state index in [-0.39, 0.29) is 11.8 Å². The number of hydrogen-bond acceptors (Lipinski definition) is 5. The maximum atomic E-state index is 12.6. The summed E-state index contributed by atoms with van der Waals surface area (Å²) < 4.78 is 1.80. The van der Waals surface area contributed by atoms with Crippen molar-refractivity contribution in [1.29, 1.82) is 0 Å². The number of pyridine rings is 1. The Morgan fingerprint density at radius 2 is 2.24 bits per heavy atom. The molecule has 1 saturated heterocycles. The van der Waals surface area contributed by atoms with E-state index in [1.807, 2.05) is 30.4 Å². The zero-order chi connectivity index (χ0) is 17.4. The van der Waals surface area contributed by atoms with Crippen molar-refractivity contribution in [1.82, 2.24) is 24.6 Å². The fourth-order valence-corrected chi connectivity index (χ4v) is 4.08. The fraction of sp³-hybridized carbons (Fsp3) is 0.444. The predicted octanol–water partition coefficient (Wildman–Crippen LogP) is 2.68. The van der Waals surface area contributed by atoms with Gasteiger partial charge in [0.25, 0.3) is 0 Å². The van der Waals surface area contributed by atoms with Gasteiger partial charge in [-0.25, -0.2) is 9.97 Å². The molecule has 1 unspecified atom stereocenters. The molecule has 3 aromatic heterocycles. The smallest absolute Gasteiger partial charge is 0.228 e. The average molecular weight is 355 g/mol. The molecule has 4 heterocycles. The molecule has 25 heavy (non-hydrogen) atoms. The van der Waals surface area contributed by atoms with E-state index in [1.54, 1.807) is 16.0 Å². The molecule has 1 atom stereocenters. The zero-order valence-corrected chi connectivity index (χ0v) is 15.3. The average Bonchev–Trinajstić information content (AvgIpc) is 3.20. The van der Waals surface area contributed by atoms with Crippen LogP contribution in [0.25, 0.3) is 11.0 Å². The summed E-state index contributed by atoms with van der Waals surface area (Å²) in [5.74, 6) is 0.450. The number of hydrogen-bond donors (Lipinski definition) is 0. The first-order chi connectivity index (χ1) is 12.1. The van der Waals surface area contributed by atoms with Gasteiger partial charge in [-0.15, -0.1) is 11.3 Å². The third kappa shape index (κ3) is 3.28. The lowest BCUT2D eigenvalue weighted by Gasteiger charge is -2.32. The van der Waals surface area contributed by atoms with Crippen molar-refractivity contribution in [2.45, 2.75) is 32.1 Å². The van der Waals surface area contributed by atoms with Crippen molar-refractivity contribution in [2.75, 3.05) is 13.1 Å². The Bertz CT molecular complexity index is 915. The number of carbonyl (C=O) groups is 1. The van der Waals surface area contributed by atoms with Crippen LogP contribution in [-0.2, 0) is 18.3 Å². The first-order valence-electron chi connectivity index (χ1n) is 8.57. The highest BCUT2D eigenvalue weighted by Gasteiger charge is 2.26. The van der Waals surface area contributed by atoms with E-state index in [2.05, 4.69) is 22.2 Å². The van der Waals surface area contributed by atoms with Gasteiger partial charge in [0, 0.05) is 42.5 Å². The SMILES string of the molecule is Cc1nc(CC(=O)N2CCCC(c3ccc4cnn(C)c4n3)C2)cs1. The number of nitrogens with zero attached hydrogens (tertiary/aromatic N) is 5. The molecule has 7 heteroatoms. The minimum Gasteiger partial charge on any atom is -0.342 e. The van der Waals surface area contributed by atoms with Crippen molar-refractivity contribution in [3.05, 3.63) is 40.1 Å². The Labute approximate surface area is 150 Å². The fourth-order valence-electron chi connectivity index (χ4n) is 3.47. The lowest BCUT2D eigenvalue weighted by atomic mass is 9.94. The van der Waals surface area contributed by atoms with E-state index < -0.39 is 0 Å². The van der Waals surface area contributed by atoms with E-state index in [4.69, 9.17) is 4.98 Å². The van der Waals surface area contributed by atoms with Crippen LogP contribution >= 0.6 is 11.3 Å². The van der Waals surface area contributed by atoms with Gasteiger partial charge in [-0.05, 0) is 31.9 Å². The van der Waals surface area contributed by atoms with Gasteiger partial charge in [0.1, 0.15) is 0 Å². The number of likely N-dealkylation sites (tertiary alicyclic amines) is 1. The molecule has 4 rings (SSSR count). The maximum absolute atomic E-state index is 12.6. The van der Waals surface area contributed by atoms with Gasteiger partial charge in [-0.1, -0.05) is 0 Å². The molecule has 6 nitrogen and oxygen atoms in total. The van der Waals surface area contributed by atoms with Gasteiger partial charge < -0.3 is 4.90 Å². The van der Waals surface area contributed by atoms with Gasteiger partial charge in [-0.3, -0.25) is 9.48 Å². The monoisotopic (exact) mass is 355 g/mol. The quantitative estimate of drug-likeness (QED) is 0.725. The lowest BCUT2D eigenvalue weighted by Crippen LogP contribution is -2.40. The van der Waals surface area contributed by atoms with Crippen molar-refractivity contribution in [3.8, 4) is 0 Å². The maximum Gasteiger partial charge on any atom is 0.228 e. The molecule has 0 aliphatic carbocycles. The van der Waals surface area contributed by atoms with Crippen molar-refractivity contribution >= 4 is 28.3 Å². The summed E-state index contributed by atoms with van der Waals surface area (Å²) in [5, 5.41) is 8.29. The predicted molar refractivity (Wildman–Crippen MR) is 97.6 cm³/mol. The summed E-state index contributed by atoms with van der Waals surface area (Å²) in [7, 11) is 1.91. The lowest BCUT2D eigenvalue weighted by molar-refractivity contribution is -0.131. The molecule has 3 aromatic rings. The van der Waals surface area contributed by atoms with E-state index in [1.165, 1.54) is 0 Å². The van der Waals surface area contributed by atoms with Crippen molar-refractivity contribution in [3.63, 3.8) is 0 Å². The van der Waals surface area contributed by atoms with Crippen LogP contribution in [0.3, 0.4) is 0 Å². The molecule has 1 amide bonds. The highest BCUT2D eigenvalue weighted by molar-refractivity contribution is 7.09. The Balaban J connectivity index is 1.49. The molecule has 1 fully saturated rings. The molecule has 0 spiro atoms. The van der Waals surface area contributed by atoms with Crippen LogP contribution in [-0.4, -0.2) is 43.6 Å². The van der Waals surface area contributed by atoms with Crippen LogP contribution in [0.4, 0.5) is 0 Å². The van der Waals surface area contributed by atoms with Gasteiger partial charge >= 0.3 is 0 Å². The number of amides is 1. The Kier molecular flexibility index (Phi) is 4.25. The van der Waals surface area contributed by atoms with Crippen LogP contribution in [0.2, 0.25) is 0 Å². The van der Waals surface area contributed by atoms with Crippen LogP contribution in [0, 0.1) is 6.92 Å². The summed E-state index contributed by atoms with van der Waals surface area (Å²) in [4.78, 5) is 23.8. The summed E-state index contributed by atoms with van der Waals surface area (Å²) in [5.41, 5.74) is 2.83. The number of rotatable bonds is 3. The molecule has 0 N–H and O–H groups in total. The number of aromatic nitrogens is 4. The Hall–Kier alpha value is -2.28. The molecular weight excluding hydrogens is 334 g/mol. The second-order valence-corrected chi connectivity index (χ2v) is 7.69. The number of piperidine rings is 1. The third-order valence-corrected chi connectivity index (χ3v) is 5.62. The minimum absolute atomic E-state index is 0.164. The van der Waals surface area contributed by atoms with E-state index in [9.17, 15) is 4.79 Å². The number of carbonyl (C=O) groups excluding carboxylic acids is 1. The highest BCUT2D eigenvalue weighted by Crippen LogP contribution is 2.27. The minimum atomic E-state index is 0.164. The topological polar surface area (TPSA) is 63.9 Å². The van der Waals surface area contributed by atoms with Gasteiger partial charge in [-0.2, -0.15) is 5.10 Å². The van der Waals surface area contributed by atoms with Gasteiger partial charge in [0.05, 0.1) is 23.3 Å². The number of thiazole rings is 1. The second-order valence-electron chi connectivity index (χ2n) is 6.63. The number of fused-ring (bicyclic) bond motifs is 1. The van der Waals surface area contributed by atoms with E-state index in [0.717, 1.165) is 53.4 Å². The number of aryl methyl sites for hydroxylation is 2. The summed E-state index contributed by atoms with van der Waals surface area (Å²) in [6, 6.07) is 4.15. The Morgan fingerprint density at radius 3 is 3.04 bits per heavy atom. The second kappa shape index (κ2) is 6.55. The van der Waals surface area contributed by atoms with Crippen LogP contribution < -0.4 is 0 Å². The molecule has 1 aliphatic heterocycles. The molecule has 0 bridgehead atoms. The first-order valence-corrected chi connectivity index (χ1v) is 9.45. The summed E-state index contributed by atoms with van der Waals surface area (Å²) in [6.07, 6.45) is 4.30. The van der Waals surface area contributed by atoms with Crippen molar-refractivity contribution in [2.24, 2.45) is 7.05 Å². The van der Waals surface area contributed by atoms with Gasteiger partial charge in [0.2, 0.25) is 5.91 Å². The first kappa shape index (κ1) is 16.2. The van der Waals surface area contributed by atoms with Crippen molar-refractivity contribution < 1.29 is 4.79 Å². The van der Waals surface area contributed by atoms with Gasteiger partial charge in [0.15, 0.2) is 5.65 Å². The normalized spacial score (nSPS) is 18.0. The molecule has 0 radical (unpaired) electrons. The van der Waals surface area contributed by atoms with Crippen LogP contribution in [0.1, 0.15) is 35.2 Å². The molecule has 1 aliphatic rings. The zero-order valence-electron chi connectivity index (χ0n) is 14.5. The largest absolute Gasteiger partial charge is 0.342 e. The van der Waals surface area contributed by atoms with Crippen LogP contribution in [0.15, 0.2) is 23.7 Å². The van der Waals surface area contributed by atoms with Crippen LogP contribution in [0.5, 0.6) is 0 Å². The third-order valence-electron chi connectivity index (χ3n) is 4.79. The molecular formula is C18H21N5OS.